The fraction of sp³-hybridized carbons (Fsp3) is 0.250. The molecule has 0 amide bonds. The van der Waals surface area contributed by atoms with Crippen LogP contribution in [0.1, 0.15) is 19.6 Å². The number of aromatic amines is 2. The summed E-state index contributed by atoms with van der Waals surface area (Å²) in [5.74, 6) is -0.215. The average molecular weight is 369 g/mol. The largest absolute Gasteiger partial charge is 0.465 e. The quantitative estimate of drug-likeness (QED) is 0.356. The van der Waals surface area contributed by atoms with Gasteiger partial charge in [0.2, 0.25) is 0 Å². The molecule has 0 aliphatic carbocycles. The van der Waals surface area contributed by atoms with Crippen LogP contribution in [0.25, 0.3) is 5.57 Å². The summed E-state index contributed by atoms with van der Waals surface area (Å²) in [4.78, 5) is 39.9. The van der Waals surface area contributed by atoms with E-state index in [9.17, 15) is 14.4 Å². The van der Waals surface area contributed by atoms with Crippen molar-refractivity contribution >= 4 is 28.8 Å². The Morgan fingerprint density at radius 2 is 2.00 bits per heavy atom. The minimum atomic E-state index is -1.03. The van der Waals surface area contributed by atoms with Crippen molar-refractivity contribution in [3.05, 3.63) is 45.2 Å². The average Bonchev–Trinajstić information content (AvgIpc) is 3.34. The van der Waals surface area contributed by atoms with Crippen molar-refractivity contribution in [1.29, 1.82) is 0 Å². The van der Waals surface area contributed by atoms with Gasteiger partial charge in [-0.25, -0.2) is 10.4 Å². The van der Waals surface area contributed by atoms with Gasteiger partial charge in [-0.3, -0.25) is 24.6 Å². The zero-order valence-corrected chi connectivity index (χ0v) is 14.4. The molecule has 0 aromatic carbocycles. The summed E-state index contributed by atoms with van der Waals surface area (Å²) in [6, 6.07) is 2.38. The molecule has 138 valence electrons. The Morgan fingerprint density at radius 1 is 1.22 bits per heavy atom. The number of aromatic nitrogens is 2. The van der Waals surface area contributed by atoms with Crippen molar-refractivity contribution in [2.75, 3.05) is 0 Å². The fourth-order valence-corrected chi connectivity index (χ4v) is 3.07. The number of fused-ring (bicyclic) bond motifs is 2. The van der Waals surface area contributed by atoms with Crippen molar-refractivity contribution in [2.24, 2.45) is 21.1 Å². The molecule has 1 unspecified atom stereocenters. The lowest BCUT2D eigenvalue weighted by Crippen LogP contribution is -2.54. The number of hydrazine groups is 1. The highest BCUT2D eigenvalue weighted by molar-refractivity contribution is 6.17. The number of carbonyl (C=O) groups excluding carboxylic acids is 2. The smallest absolute Gasteiger partial charge is 0.273 e. The van der Waals surface area contributed by atoms with Crippen LogP contribution in [0.5, 0.6) is 0 Å². The highest BCUT2D eigenvalue weighted by Gasteiger charge is 2.37. The number of H-pyrrole nitrogens is 2. The van der Waals surface area contributed by atoms with E-state index < -0.39 is 12.0 Å². The van der Waals surface area contributed by atoms with Gasteiger partial charge in [0.15, 0.2) is 28.7 Å². The number of hydrogen-bond acceptors (Lipinski definition) is 9. The molecule has 2 aromatic rings. The lowest BCUT2D eigenvalue weighted by Gasteiger charge is -2.20. The fourth-order valence-electron chi connectivity index (χ4n) is 3.07. The Hall–Kier alpha value is -3.60. The second kappa shape index (κ2) is 6.29. The molecule has 1 atom stereocenters. The predicted octanol–water partition coefficient (Wildman–Crippen LogP) is -1.89. The molecule has 0 bridgehead atoms. The summed E-state index contributed by atoms with van der Waals surface area (Å²) in [5, 5.41) is 13.6. The molecule has 4 heterocycles. The van der Waals surface area contributed by atoms with Crippen molar-refractivity contribution in [1.82, 2.24) is 21.0 Å². The third-order valence-corrected chi connectivity index (χ3v) is 4.28. The van der Waals surface area contributed by atoms with Gasteiger partial charge in [-0.05, 0) is 26.0 Å². The van der Waals surface area contributed by atoms with Gasteiger partial charge in [-0.15, -0.1) is 10.2 Å². The molecular weight excluding hydrogens is 354 g/mol. The highest BCUT2D eigenvalue weighted by Crippen LogP contribution is 2.27. The van der Waals surface area contributed by atoms with E-state index in [1.165, 1.54) is 20.1 Å². The Bertz CT molecular complexity index is 1150. The standard InChI is InChI=1S/C16H15N7O4/c1-6(24)12(7(2)25)18-21-15-10-9(8-4-3-5-27-8)11-14(20-23-16(11)26)17-13(10)19-22-15/h3-5,10,12,18H,1-2H3,(H,21,22)(H,23,26)(H,17,19,20). The van der Waals surface area contributed by atoms with Crippen LogP contribution in [-0.4, -0.2) is 39.5 Å². The summed E-state index contributed by atoms with van der Waals surface area (Å²) < 4.78 is 5.50. The van der Waals surface area contributed by atoms with Crippen LogP contribution in [0.15, 0.2) is 42.8 Å². The van der Waals surface area contributed by atoms with Gasteiger partial charge >= 0.3 is 0 Å². The number of rotatable bonds is 5. The van der Waals surface area contributed by atoms with Crippen molar-refractivity contribution in [3.63, 3.8) is 0 Å². The summed E-state index contributed by atoms with van der Waals surface area (Å²) in [5.41, 5.74) is 5.94. The van der Waals surface area contributed by atoms with Gasteiger partial charge in [-0.1, -0.05) is 0 Å². The van der Waals surface area contributed by atoms with Crippen LogP contribution >= 0.6 is 0 Å². The molecule has 2 aliphatic rings. The van der Waals surface area contributed by atoms with Crippen molar-refractivity contribution in [3.8, 4) is 0 Å². The van der Waals surface area contributed by atoms with Crippen molar-refractivity contribution in [2.45, 2.75) is 19.9 Å². The van der Waals surface area contributed by atoms with E-state index in [0.717, 1.165) is 0 Å². The van der Waals surface area contributed by atoms with Gasteiger partial charge in [0.05, 0.1) is 11.5 Å². The normalized spacial score (nSPS) is 17.7. The first kappa shape index (κ1) is 16.8. The second-order valence-electron chi connectivity index (χ2n) is 6.11. The number of amidine groups is 2. The number of Topliss-reactive ketones (excluding diaryl/α,β-unsaturated/α-hetero) is 2. The van der Waals surface area contributed by atoms with Gasteiger partial charge in [-0.2, -0.15) is 0 Å². The minimum Gasteiger partial charge on any atom is -0.465 e. The number of nitrogens with zero attached hydrogens (tertiary/aromatic N) is 3. The molecule has 0 saturated carbocycles. The molecule has 2 aromatic heterocycles. The Morgan fingerprint density at radius 3 is 2.67 bits per heavy atom. The third-order valence-electron chi connectivity index (χ3n) is 4.28. The minimum absolute atomic E-state index is 0.291. The van der Waals surface area contributed by atoms with Gasteiger partial charge < -0.3 is 9.84 Å². The summed E-state index contributed by atoms with van der Waals surface area (Å²) in [6.07, 6.45) is 1.49. The maximum absolute atomic E-state index is 12.3. The zero-order valence-electron chi connectivity index (χ0n) is 14.4. The molecule has 2 aliphatic heterocycles. The molecule has 0 spiro atoms. The summed E-state index contributed by atoms with van der Waals surface area (Å²) in [6.45, 7) is 2.61. The molecule has 0 saturated heterocycles. The van der Waals surface area contributed by atoms with Crippen LogP contribution in [0, 0.1) is 5.92 Å². The number of ketones is 2. The van der Waals surface area contributed by atoms with E-state index in [4.69, 9.17) is 4.42 Å². The third kappa shape index (κ3) is 2.73. The number of nitrogens with one attached hydrogen (secondary N) is 4. The van der Waals surface area contributed by atoms with Crippen LogP contribution in [0.4, 0.5) is 0 Å². The Labute approximate surface area is 150 Å². The lowest BCUT2D eigenvalue weighted by atomic mass is 9.92. The summed E-state index contributed by atoms with van der Waals surface area (Å²) in [7, 11) is 0. The van der Waals surface area contributed by atoms with E-state index >= 15 is 0 Å². The molecule has 4 N–H and O–H groups in total. The number of furan rings is 1. The maximum Gasteiger partial charge on any atom is 0.273 e. The van der Waals surface area contributed by atoms with Crippen LogP contribution < -0.4 is 27.1 Å². The first-order valence-electron chi connectivity index (χ1n) is 8.08. The SMILES string of the molecule is CC(=O)C(NNC1=NN=C2N=c3[nH][nH]c(=O)c3=C(c3ccco3)C21)C(C)=O. The molecule has 27 heavy (non-hydrogen) atoms. The van der Waals surface area contributed by atoms with Gasteiger partial charge in [0.1, 0.15) is 17.7 Å². The second-order valence-corrected chi connectivity index (χ2v) is 6.11. The Balaban J connectivity index is 1.76. The zero-order chi connectivity index (χ0) is 19.1. The molecule has 11 heteroatoms. The molecule has 4 rings (SSSR count). The molecule has 0 fully saturated rings. The van der Waals surface area contributed by atoms with Crippen molar-refractivity contribution < 1.29 is 14.0 Å². The lowest BCUT2D eigenvalue weighted by molar-refractivity contribution is -0.127. The number of hydrogen-bond donors (Lipinski definition) is 4. The van der Waals surface area contributed by atoms with Crippen LogP contribution in [0.3, 0.4) is 0 Å². The number of carbonyl (C=O) groups is 2. The summed E-state index contributed by atoms with van der Waals surface area (Å²) >= 11 is 0. The van der Waals surface area contributed by atoms with E-state index in [-0.39, 0.29) is 17.1 Å². The van der Waals surface area contributed by atoms with E-state index in [2.05, 4.69) is 36.2 Å². The monoisotopic (exact) mass is 369 g/mol. The molecular formula is C16H15N7O4. The predicted molar refractivity (Wildman–Crippen MR) is 93.2 cm³/mol. The topological polar surface area (TPSA) is 157 Å². The van der Waals surface area contributed by atoms with Crippen LogP contribution in [0.2, 0.25) is 0 Å². The van der Waals surface area contributed by atoms with Gasteiger partial charge in [0.25, 0.3) is 5.56 Å². The van der Waals surface area contributed by atoms with E-state index in [1.54, 1.807) is 12.1 Å². The van der Waals surface area contributed by atoms with Crippen LogP contribution in [-0.2, 0) is 9.59 Å². The Kier molecular flexibility index (Phi) is 3.92. The maximum atomic E-state index is 12.3. The molecule has 11 nitrogen and oxygen atoms in total. The molecule has 0 radical (unpaired) electrons. The van der Waals surface area contributed by atoms with Gasteiger partial charge in [0, 0.05) is 5.57 Å². The highest BCUT2D eigenvalue weighted by atomic mass is 16.3. The first-order valence-corrected chi connectivity index (χ1v) is 8.08. The van der Waals surface area contributed by atoms with E-state index in [0.29, 0.717) is 33.7 Å². The first-order chi connectivity index (χ1) is 13.0. The van der Waals surface area contributed by atoms with E-state index in [1.807, 2.05) is 0 Å².